The number of benzene rings is 3. The molecule has 176 valence electrons. The van der Waals surface area contributed by atoms with Crippen LogP contribution in [-0.4, -0.2) is 23.8 Å². The summed E-state index contributed by atoms with van der Waals surface area (Å²) < 4.78 is 11.1. The zero-order chi connectivity index (χ0) is 25.0. The van der Waals surface area contributed by atoms with Crippen LogP contribution in [0.1, 0.15) is 63.0 Å². The lowest BCUT2D eigenvalue weighted by Gasteiger charge is -2.25. The van der Waals surface area contributed by atoms with E-state index in [4.69, 9.17) is 15.2 Å². The number of Topliss-reactive ketones (excluding diaryl/α,β-unsaturated/α-hetero) is 1. The number of nitrogens with two attached hydrogens (primary N) is 1. The topological polar surface area (TPSA) is 95.7 Å². The number of hydrogen-bond acceptors (Lipinski definition) is 6. The Labute approximate surface area is 199 Å². The van der Waals surface area contributed by atoms with E-state index in [0.29, 0.717) is 11.1 Å². The molecule has 0 radical (unpaired) electrons. The predicted molar refractivity (Wildman–Crippen MR) is 130 cm³/mol. The van der Waals surface area contributed by atoms with Crippen molar-refractivity contribution in [3.63, 3.8) is 0 Å². The van der Waals surface area contributed by atoms with Gasteiger partial charge in [0.05, 0.1) is 17.2 Å². The van der Waals surface area contributed by atoms with Gasteiger partial charge in [-0.05, 0) is 61.7 Å². The van der Waals surface area contributed by atoms with Gasteiger partial charge in [-0.3, -0.25) is 4.79 Å². The standard InChI is InChI=1S/C28H29NO5/c1-17-6-10-19(11-7-17)26(31)33-22-15-14-21(24(30)25(29)28(3,4)5)16-23(22)34-27(32)20-12-8-18(2)9-13-20/h6-16,25H,29H2,1-5H3. The molecule has 0 spiro atoms. The number of ketones is 1. The highest BCUT2D eigenvalue weighted by Gasteiger charge is 2.29. The number of hydrogen-bond donors (Lipinski definition) is 1. The highest BCUT2D eigenvalue weighted by molar-refractivity contribution is 6.01. The summed E-state index contributed by atoms with van der Waals surface area (Å²) >= 11 is 0. The first kappa shape index (κ1) is 24.9. The zero-order valence-electron chi connectivity index (χ0n) is 20.0. The van der Waals surface area contributed by atoms with E-state index >= 15 is 0 Å². The van der Waals surface area contributed by atoms with Crippen molar-refractivity contribution in [2.45, 2.75) is 40.7 Å². The van der Waals surface area contributed by atoms with Crippen molar-refractivity contribution in [3.8, 4) is 11.5 Å². The highest BCUT2D eigenvalue weighted by atomic mass is 16.6. The van der Waals surface area contributed by atoms with Gasteiger partial charge in [-0.25, -0.2) is 9.59 Å². The van der Waals surface area contributed by atoms with Gasteiger partial charge in [0.2, 0.25) is 0 Å². The Kier molecular flexibility index (Phi) is 7.32. The average molecular weight is 460 g/mol. The molecular weight excluding hydrogens is 430 g/mol. The van der Waals surface area contributed by atoms with Crippen LogP contribution in [0.2, 0.25) is 0 Å². The second-order valence-corrected chi connectivity index (χ2v) is 9.38. The second-order valence-electron chi connectivity index (χ2n) is 9.38. The van der Waals surface area contributed by atoms with E-state index in [1.807, 2.05) is 34.6 Å². The minimum Gasteiger partial charge on any atom is -0.419 e. The lowest BCUT2D eigenvalue weighted by Crippen LogP contribution is -2.42. The molecule has 2 N–H and O–H groups in total. The summed E-state index contributed by atoms with van der Waals surface area (Å²) in [6.07, 6.45) is 0. The Morgan fingerprint density at radius 1 is 0.676 bits per heavy atom. The van der Waals surface area contributed by atoms with Crippen LogP contribution in [0.4, 0.5) is 0 Å². The van der Waals surface area contributed by atoms with E-state index in [1.165, 1.54) is 18.2 Å². The van der Waals surface area contributed by atoms with Gasteiger partial charge in [0, 0.05) is 5.56 Å². The molecule has 3 aromatic rings. The fourth-order valence-corrected chi connectivity index (χ4v) is 3.10. The molecule has 3 aromatic carbocycles. The maximum atomic E-state index is 13.0. The van der Waals surface area contributed by atoms with Crippen LogP contribution < -0.4 is 15.2 Å². The molecule has 0 fully saturated rings. The third-order valence-corrected chi connectivity index (χ3v) is 5.42. The molecular formula is C28H29NO5. The van der Waals surface area contributed by atoms with Crippen molar-refractivity contribution in [1.82, 2.24) is 0 Å². The lowest BCUT2D eigenvalue weighted by molar-refractivity contribution is 0.0682. The molecule has 1 unspecified atom stereocenters. The van der Waals surface area contributed by atoms with Crippen molar-refractivity contribution >= 4 is 17.7 Å². The molecule has 6 nitrogen and oxygen atoms in total. The minimum absolute atomic E-state index is 0.0203. The van der Waals surface area contributed by atoms with Crippen LogP contribution >= 0.6 is 0 Å². The molecule has 0 aliphatic heterocycles. The van der Waals surface area contributed by atoms with Gasteiger partial charge in [0.15, 0.2) is 17.3 Å². The summed E-state index contributed by atoms with van der Waals surface area (Å²) in [6, 6.07) is 17.3. The second kappa shape index (κ2) is 10.0. The van der Waals surface area contributed by atoms with Gasteiger partial charge >= 0.3 is 11.9 Å². The van der Waals surface area contributed by atoms with Crippen molar-refractivity contribution in [2.75, 3.05) is 0 Å². The third kappa shape index (κ3) is 5.97. The molecule has 6 heteroatoms. The van der Waals surface area contributed by atoms with E-state index in [1.54, 1.807) is 48.5 Å². The largest absolute Gasteiger partial charge is 0.419 e. The van der Waals surface area contributed by atoms with Crippen molar-refractivity contribution < 1.29 is 23.9 Å². The van der Waals surface area contributed by atoms with E-state index < -0.39 is 23.4 Å². The zero-order valence-corrected chi connectivity index (χ0v) is 20.0. The Bertz CT molecular complexity index is 1210. The van der Waals surface area contributed by atoms with Gasteiger partial charge in [-0.1, -0.05) is 56.2 Å². The van der Waals surface area contributed by atoms with Gasteiger partial charge in [-0.15, -0.1) is 0 Å². The molecule has 0 saturated carbocycles. The van der Waals surface area contributed by atoms with Crippen LogP contribution in [0, 0.1) is 19.3 Å². The Balaban J connectivity index is 1.95. The van der Waals surface area contributed by atoms with Gasteiger partial charge in [-0.2, -0.15) is 0 Å². The quantitative estimate of drug-likeness (QED) is 0.305. The first-order valence-electron chi connectivity index (χ1n) is 11.0. The molecule has 0 heterocycles. The van der Waals surface area contributed by atoms with Crippen LogP contribution in [0.15, 0.2) is 66.7 Å². The number of carbonyl (C=O) groups is 3. The molecule has 0 saturated heterocycles. The maximum Gasteiger partial charge on any atom is 0.343 e. The third-order valence-electron chi connectivity index (χ3n) is 5.42. The highest BCUT2D eigenvalue weighted by Crippen LogP contribution is 2.32. The molecule has 0 aliphatic carbocycles. The van der Waals surface area contributed by atoms with Crippen LogP contribution in [0.25, 0.3) is 0 Å². The monoisotopic (exact) mass is 459 g/mol. The number of ether oxygens (including phenoxy) is 2. The van der Waals surface area contributed by atoms with Crippen molar-refractivity contribution in [1.29, 1.82) is 0 Å². The van der Waals surface area contributed by atoms with Crippen LogP contribution in [0.5, 0.6) is 11.5 Å². The maximum absolute atomic E-state index is 13.0. The Morgan fingerprint density at radius 2 is 1.09 bits per heavy atom. The van der Waals surface area contributed by atoms with E-state index in [0.717, 1.165) is 11.1 Å². The SMILES string of the molecule is Cc1ccc(C(=O)Oc2ccc(C(=O)C(N)C(C)(C)C)cc2OC(=O)c2ccc(C)cc2)cc1. The summed E-state index contributed by atoms with van der Waals surface area (Å²) in [5.41, 5.74) is 8.60. The molecule has 3 rings (SSSR count). The molecule has 0 bridgehead atoms. The van der Waals surface area contributed by atoms with Crippen molar-refractivity contribution in [3.05, 3.63) is 94.5 Å². The minimum atomic E-state index is -0.769. The number of esters is 2. The van der Waals surface area contributed by atoms with Crippen LogP contribution in [-0.2, 0) is 0 Å². The van der Waals surface area contributed by atoms with Crippen LogP contribution in [0.3, 0.4) is 0 Å². The van der Waals surface area contributed by atoms with E-state index in [2.05, 4.69) is 0 Å². The summed E-state index contributed by atoms with van der Waals surface area (Å²) in [7, 11) is 0. The summed E-state index contributed by atoms with van der Waals surface area (Å²) in [4.78, 5) is 38.4. The molecule has 0 aliphatic rings. The smallest absolute Gasteiger partial charge is 0.343 e. The summed E-state index contributed by atoms with van der Waals surface area (Å²) in [5.74, 6) is -1.59. The molecule has 0 aromatic heterocycles. The Hall–Kier alpha value is -3.77. The summed E-state index contributed by atoms with van der Waals surface area (Å²) in [6.45, 7) is 9.42. The fraction of sp³-hybridized carbons (Fsp3) is 0.250. The lowest BCUT2D eigenvalue weighted by atomic mass is 9.83. The fourth-order valence-electron chi connectivity index (χ4n) is 3.10. The van der Waals surface area contributed by atoms with Crippen molar-refractivity contribution in [2.24, 2.45) is 11.1 Å². The van der Waals surface area contributed by atoms with Gasteiger partial charge in [0.25, 0.3) is 0 Å². The first-order chi connectivity index (χ1) is 16.0. The number of rotatable bonds is 6. The average Bonchev–Trinajstić information content (AvgIpc) is 2.79. The molecule has 0 amide bonds. The predicted octanol–water partition coefficient (Wildman–Crippen LogP) is 5.30. The van der Waals surface area contributed by atoms with Gasteiger partial charge in [0.1, 0.15) is 0 Å². The van der Waals surface area contributed by atoms with E-state index in [9.17, 15) is 14.4 Å². The van der Waals surface area contributed by atoms with Gasteiger partial charge < -0.3 is 15.2 Å². The first-order valence-corrected chi connectivity index (χ1v) is 11.0. The molecule has 1 atom stereocenters. The van der Waals surface area contributed by atoms with E-state index in [-0.39, 0.29) is 22.8 Å². The normalized spacial score (nSPS) is 12.1. The summed E-state index contributed by atoms with van der Waals surface area (Å²) in [5, 5.41) is 0. The number of aryl methyl sites for hydroxylation is 2. The Morgan fingerprint density at radius 3 is 1.53 bits per heavy atom. The number of carbonyl (C=O) groups excluding carboxylic acids is 3. The molecule has 34 heavy (non-hydrogen) atoms.